The summed E-state index contributed by atoms with van der Waals surface area (Å²) in [5.74, 6) is -2.00. The molecule has 1 saturated heterocycles. The van der Waals surface area contributed by atoms with Gasteiger partial charge in [0.2, 0.25) is 0 Å². The second-order valence-corrected chi connectivity index (χ2v) is 11.1. The fraction of sp³-hybridized carbons (Fsp3) is 0.179. The van der Waals surface area contributed by atoms with Crippen molar-refractivity contribution in [3.63, 3.8) is 0 Å². The zero-order valence-corrected chi connectivity index (χ0v) is 23.0. The Morgan fingerprint density at radius 1 is 1.21 bits per heavy atom. The predicted molar refractivity (Wildman–Crippen MR) is 147 cm³/mol. The van der Waals surface area contributed by atoms with E-state index in [0.717, 1.165) is 16.9 Å². The number of amides is 1. The Morgan fingerprint density at radius 2 is 2.00 bits per heavy atom. The van der Waals surface area contributed by atoms with Gasteiger partial charge in [0.1, 0.15) is 23.4 Å². The summed E-state index contributed by atoms with van der Waals surface area (Å²) in [5, 5.41) is 22.1. The minimum atomic E-state index is -1.12. The van der Waals surface area contributed by atoms with E-state index in [4.69, 9.17) is 9.47 Å². The van der Waals surface area contributed by atoms with Crippen molar-refractivity contribution in [1.29, 1.82) is 0 Å². The molecular weight excluding hydrogens is 591 g/mol. The number of ketones is 1. The third-order valence-electron chi connectivity index (χ3n) is 6.75. The highest BCUT2D eigenvalue weighted by Gasteiger charge is 2.48. The number of nitrogens with zero attached hydrogens (tertiary/aromatic N) is 2. The summed E-state index contributed by atoms with van der Waals surface area (Å²) in [4.78, 5) is 32.7. The number of aromatic nitrogens is 1. The molecule has 0 spiro atoms. The highest BCUT2D eigenvalue weighted by molar-refractivity contribution is 9.10. The summed E-state index contributed by atoms with van der Waals surface area (Å²) in [6, 6.07) is 11.1. The van der Waals surface area contributed by atoms with Crippen LogP contribution in [0.4, 0.5) is 9.52 Å². The number of hydrogen-bond donors (Lipinski definition) is 2. The van der Waals surface area contributed by atoms with Crippen molar-refractivity contribution in [3.05, 3.63) is 81.1 Å². The number of phenols is 1. The van der Waals surface area contributed by atoms with E-state index in [0.29, 0.717) is 33.5 Å². The lowest BCUT2D eigenvalue weighted by Crippen LogP contribution is -2.29. The third-order valence-corrected chi connectivity index (χ3v) is 8.37. The number of aromatic hydroxyl groups is 1. The number of rotatable bonds is 4. The number of carbonyl (C=O) groups excluding carboxylic acids is 2. The quantitative estimate of drug-likeness (QED) is 0.169. The molecule has 0 bridgehead atoms. The van der Waals surface area contributed by atoms with Crippen molar-refractivity contribution >= 4 is 60.1 Å². The van der Waals surface area contributed by atoms with Gasteiger partial charge in [-0.3, -0.25) is 14.5 Å². The van der Waals surface area contributed by atoms with Gasteiger partial charge in [-0.1, -0.05) is 11.3 Å². The Morgan fingerprint density at radius 3 is 2.77 bits per heavy atom. The van der Waals surface area contributed by atoms with Crippen LogP contribution in [0.3, 0.4) is 0 Å². The Balaban J connectivity index is 1.57. The fourth-order valence-electron chi connectivity index (χ4n) is 4.97. The molecular formula is C28H20BrFN2O6S. The van der Waals surface area contributed by atoms with Gasteiger partial charge in [-0.2, -0.15) is 0 Å². The predicted octanol–water partition coefficient (Wildman–Crippen LogP) is 5.86. The summed E-state index contributed by atoms with van der Waals surface area (Å²) in [7, 11) is 1.37. The van der Waals surface area contributed by atoms with Crippen molar-refractivity contribution in [2.24, 2.45) is 0 Å². The van der Waals surface area contributed by atoms with Gasteiger partial charge >= 0.3 is 5.91 Å². The summed E-state index contributed by atoms with van der Waals surface area (Å²) in [6.07, 6.45) is 0.618. The van der Waals surface area contributed by atoms with Gasteiger partial charge in [-0.05, 0) is 82.5 Å². The van der Waals surface area contributed by atoms with Gasteiger partial charge in [0.05, 0.1) is 33.4 Å². The normalized spacial score (nSPS) is 19.9. The average Bonchev–Trinajstić information content (AvgIpc) is 3.57. The number of hydrogen-bond acceptors (Lipinski definition) is 8. The lowest BCUT2D eigenvalue weighted by molar-refractivity contribution is -0.132. The molecule has 2 aliphatic heterocycles. The number of halogens is 2. The SMILES string of the molecule is COc1cc(C2/C(=C(/O)c3ccc4c(c3)CC(C)O4)C(=O)C(=O)N2c2nc3ccc(F)cc3s2)cc(Br)c1O. The van der Waals surface area contributed by atoms with Crippen LogP contribution < -0.4 is 14.4 Å². The lowest BCUT2D eigenvalue weighted by atomic mass is 9.94. The highest BCUT2D eigenvalue weighted by Crippen LogP contribution is 2.47. The molecule has 1 amide bonds. The van der Waals surface area contributed by atoms with E-state index in [9.17, 15) is 24.2 Å². The first kappa shape index (κ1) is 25.3. The van der Waals surface area contributed by atoms with Crippen molar-refractivity contribution in [3.8, 4) is 17.2 Å². The molecule has 1 aromatic heterocycles. The highest BCUT2D eigenvalue weighted by atomic mass is 79.9. The topological polar surface area (TPSA) is 109 Å². The van der Waals surface area contributed by atoms with E-state index in [-0.39, 0.29) is 38.5 Å². The molecule has 8 nitrogen and oxygen atoms in total. The zero-order chi connectivity index (χ0) is 27.6. The third kappa shape index (κ3) is 4.12. The van der Waals surface area contributed by atoms with E-state index < -0.39 is 23.5 Å². The molecule has 2 N–H and O–H groups in total. The summed E-state index contributed by atoms with van der Waals surface area (Å²) in [5.41, 5.74) is 1.90. The van der Waals surface area contributed by atoms with Gasteiger partial charge in [0.15, 0.2) is 16.6 Å². The van der Waals surface area contributed by atoms with E-state index in [2.05, 4.69) is 20.9 Å². The lowest BCUT2D eigenvalue weighted by Gasteiger charge is -2.24. The van der Waals surface area contributed by atoms with Crippen LogP contribution in [0.2, 0.25) is 0 Å². The number of ether oxygens (including phenoxy) is 2. The molecule has 2 atom stereocenters. The van der Waals surface area contributed by atoms with Gasteiger partial charge in [-0.25, -0.2) is 9.37 Å². The first-order chi connectivity index (χ1) is 18.7. The van der Waals surface area contributed by atoms with Gasteiger partial charge in [-0.15, -0.1) is 0 Å². The number of aliphatic hydroxyl groups is 1. The van der Waals surface area contributed by atoms with Crippen LogP contribution >= 0.6 is 27.3 Å². The molecule has 2 unspecified atom stereocenters. The van der Waals surface area contributed by atoms with E-state index in [1.807, 2.05) is 6.92 Å². The molecule has 11 heteroatoms. The first-order valence-corrected chi connectivity index (χ1v) is 13.5. The van der Waals surface area contributed by atoms with Crippen LogP contribution in [0.15, 0.2) is 58.6 Å². The number of aliphatic hydroxyl groups excluding tert-OH is 1. The Hall–Kier alpha value is -3.96. The molecule has 1 fully saturated rings. The standard InChI is InChI=1S/C28H20BrFN2O6S/c1-12-7-14-8-13(3-6-19(14)38-12)24(33)22-23(15-9-17(29)25(34)20(10-15)37-2)32(27(36)26(22)35)28-31-18-5-4-16(30)11-21(18)39-28/h3-6,8-12,23,33-34H,7H2,1-2H3/b24-22-. The van der Waals surface area contributed by atoms with Crippen molar-refractivity contribution < 1.29 is 33.7 Å². The molecule has 3 heterocycles. The molecule has 2 aliphatic rings. The second kappa shape index (κ2) is 9.35. The number of methoxy groups -OCH3 is 1. The van der Waals surface area contributed by atoms with E-state index in [1.54, 1.807) is 24.3 Å². The van der Waals surface area contributed by atoms with Crippen molar-refractivity contribution in [2.45, 2.75) is 25.5 Å². The first-order valence-electron chi connectivity index (χ1n) is 11.9. The van der Waals surface area contributed by atoms with Crippen molar-refractivity contribution in [1.82, 2.24) is 4.98 Å². The maximum atomic E-state index is 13.9. The van der Waals surface area contributed by atoms with Gasteiger partial charge < -0.3 is 19.7 Å². The Labute approximate surface area is 234 Å². The number of phenolic OH excluding ortho intramolecular Hbond substituents is 1. The minimum absolute atomic E-state index is 0.0198. The maximum Gasteiger partial charge on any atom is 0.301 e. The van der Waals surface area contributed by atoms with Crippen molar-refractivity contribution in [2.75, 3.05) is 12.0 Å². The molecule has 0 aliphatic carbocycles. The number of anilines is 1. The molecule has 4 aromatic rings. The average molecular weight is 611 g/mol. The molecule has 39 heavy (non-hydrogen) atoms. The number of Topliss-reactive ketones (excluding diaryl/α,β-unsaturated/α-hetero) is 1. The van der Waals surface area contributed by atoms with Crippen LogP contribution in [0.25, 0.3) is 16.0 Å². The van der Waals surface area contributed by atoms with Crippen LogP contribution in [0.1, 0.15) is 29.7 Å². The molecule has 0 saturated carbocycles. The van der Waals surface area contributed by atoms with E-state index in [1.165, 1.54) is 36.3 Å². The largest absolute Gasteiger partial charge is 0.507 e. The zero-order valence-electron chi connectivity index (χ0n) is 20.6. The van der Waals surface area contributed by atoms with E-state index >= 15 is 0 Å². The molecule has 6 rings (SSSR count). The van der Waals surface area contributed by atoms with Gasteiger partial charge in [0.25, 0.3) is 5.78 Å². The van der Waals surface area contributed by atoms with Crippen LogP contribution in [0.5, 0.6) is 17.2 Å². The molecule has 198 valence electrons. The number of fused-ring (bicyclic) bond motifs is 2. The Bertz CT molecular complexity index is 1730. The Kier molecular flexibility index (Phi) is 6.07. The van der Waals surface area contributed by atoms with Crippen LogP contribution in [0, 0.1) is 5.82 Å². The summed E-state index contributed by atoms with van der Waals surface area (Å²) in [6.45, 7) is 1.94. The maximum absolute atomic E-state index is 13.9. The monoisotopic (exact) mass is 610 g/mol. The van der Waals surface area contributed by atoms with Crippen LogP contribution in [-0.2, 0) is 16.0 Å². The number of carbonyl (C=O) groups is 2. The summed E-state index contributed by atoms with van der Waals surface area (Å²) < 4.78 is 25.7. The number of benzene rings is 3. The second-order valence-electron chi connectivity index (χ2n) is 9.29. The fourth-order valence-corrected chi connectivity index (χ4v) is 6.44. The molecule has 3 aromatic carbocycles. The van der Waals surface area contributed by atoms with Crippen LogP contribution in [-0.4, -0.2) is 40.1 Å². The molecule has 0 radical (unpaired) electrons. The number of thiazole rings is 1. The summed E-state index contributed by atoms with van der Waals surface area (Å²) >= 11 is 4.35. The minimum Gasteiger partial charge on any atom is -0.507 e. The smallest absolute Gasteiger partial charge is 0.301 e. The van der Waals surface area contributed by atoms with Gasteiger partial charge in [0, 0.05) is 12.0 Å².